The molecule has 2 aromatic rings. The number of amides is 1. The van der Waals surface area contributed by atoms with Crippen LogP contribution < -0.4 is 5.32 Å². The maximum atomic E-state index is 12.1. The summed E-state index contributed by atoms with van der Waals surface area (Å²) in [5, 5.41) is 15.5. The van der Waals surface area contributed by atoms with Crippen LogP contribution in [0.15, 0.2) is 12.1 Å². The second-order valence-electron chi connectivity index (χ2n) is 9.29. The van der Waals surface area contributed by atoms with Gasteiger partial charge in [-0.3, -0.25) is 19.5 Å². The molecule has 1 fully saturated rings. The van der Waals surface area contributed by atoms with Crippen LogP contribution in [0.5, 0.6) is 0 Å². The maximum absolute atomic E-state index is 12.1. The Hall–Kier alpha value is -2.15. The lowest BCUT2D eigenvalue weighted by atomic mass is 9.85. The third-order valence-corrected chi connectivity index (χ3v) is 5.86. The number of nitrogens with one attached hydrogen (secondary N) is 2. The zero-order valence-corrected chi connectivity index (χ0v) is 17.3. The van der Waals surface area contributed by atoms with Gasteiger partial charge in [0.1, 0.15) is 0 Å². The fourth-order valence-corrected chi connectivity index (χ4v) is 3.87. The molecule has 1 amide bonds. The Labute approximate surface area is 166 Å². The number of nitrogens with zero attached hydrogens (tertiary/aromatic N) is 4. The van der Waals surface area contributed by atoms with Gasteiger partial charge in [0.25, 0.3) is 0 Å². The van der Waals surface area contributed by atoms with Gasteiger partial charge in [-0.05, 0) is 31.4 Å². The van der Waals surface area contributed by atoms with Crippen molar-refractivity contribution in [1.29, 1.82) is 0 Å². The minimum atomic E-state index is 0.0605. The smallest absolute Gasteiger partial charge is 0.223 e. The molecule has 2 N–H and O–H groups in total. The summed E-state index contributed by atoms with van der Waals surface area (Å²) in [5.74, 6) is 0.410. The normalized spacial score (nSPS) is 18.4. The van der Waals surface area contributed by atoms with Crippen LogP contribution in [-0.2, 0) is 36.4 Å². The molecule has 7 nitrogen and oxygen atoms in total. The van der Waals surface area contributed by atoms with Gasteiger partial charge < -0.3 is 5.32 Å². The average molecular weight is 385 g/mol. The second-order valence-corrected chi connectivity index (χ2v) is 9.29. The summed E-state index contributed by atoms with van der Waals surface area (Å²) in [4.78, 5) is 14.5. The molecule has 0 unspecified atom stereocenters. The Bertz CT molecular complexity index is 826. The zero-order chi connectivity index (χ0) is 19.7. The molecule has 2 aromatic heterocycles. The van der Waals surface area contributed by atoms with E-state index >= 15 is 0 Å². The molecule has 1 aliphatic heterocycles. The summed E-state index contributed by atoms with van der Waals surface area (Å²) in [6, 6.07) is 4.33. The first-order valence-corrected chi connectivity index (χ1v) is 10.5. The highest BCUT2D eigenvalue weighted by Crippen LogP contribution is 2.26. The van der Waals surface area contributed by atoms with E-state index in [0.717, 1.165) is 62.5 Å². The lowest BCUT2D eigenvalue weighted by Crippen LogP contribution is -2.34. The highest BCUT2D eigenvalue weighted by Gasteiger charge is 2.25. The summed E-state index contributed by atoms with van der Waals surface area (Å²) in [6.45, 7) is 10.8. The molecule has 152 valence electrons. The van der Waals surface area contributed by atoms with E-state index in [1.165, 1.54) is 12.1 Å². The number of hydrogen-bond acceptors (Lipinski definition) is 4. The molecular formula is C21H32N6O. The fraction of sp³-hybridized carbons (Fsp3) is 0.667. The molecule has 1 saturated carbocycles. The van der Waals surface area contributed by atoms with E-state index in [1.807, 2.05) is 0 Å². The largest absolute Gasteiger partial charge is 0.350 e. The van der Waals surface area contributed by atoms with Crippen LogP contribution >= 0.6 is 0 Å². The molecule has 0 atom stereocenters. The standard InChI is InChI=1S/C21H32N6O/c1-21(2,3)19-11-17(23-24-19)13-26-8-5-9-27-18(14-26)10-16(25-27)12-22-20(28)15-6-4-7-15/h10-11,15H,4-9,12-14H2,1-3H3,(H,22,28)(H,23,24). The number of carbonyl (C=O) groups is 1. The van der Waals surface area contributed by atoms with E-state index in [4.69, 9.17) is 5.10 Å². The number of rotatable bonds is 5. The van der Waals surface area contributed by atoms with Crippen molar-refractivity contribution >= 4 is 5.91 Å². The molecule has 0 saturated heterocycles. The Kier molecular flexibility index (Phi) is 5.27. The lowest BCUT2D eigenvalue weighted by molar-refractivity contribution is -0.127. The van der Waals surface area contributed by atoms with Crippen LogP contribution in [0.3, 0.4) is 0 Å². The van der Waals surface area contributed by atoms with E-state index in [0.29, 0.717) is 6.54 Å². The van der Waals surface area contributed by atoms with Gasteiger partial charge in [-0.25, -0.2) is 0 Å². The highest BCUT2D eigenvalue weighted by atomic mass is 16.1. The Morgan fingerprint density at radius 3 is 2.75 bits per heavy atom. The van der Waals surface area contributed by atoms with Gasteiger partial charge in [0, 0.05) is 43.2 Å². The van der Waals surface area contributed by atoms with Gasteiger partial charge >= 0.3 is 0 Å². The fourth-order valence-electron chi connectivity index (χ4n) is 3.87. The molecule has 7 heteroatoms. The van der Waals surface area contributed by atoms with Gasteiger partial charge in [-0.15, -0.1) is 0 Å². The molecule has 2 aliphatic rings. The Balaban J connectivity index is 1.37. The minimum absolute atomic E-state index is 0.0605. The lowest BCUT2D eigenvalue weighted by Gasteiger charge is -2.23. The van der Waals surface area contributed by atoms with Crippen LogP contribution in [0.4, 0.5) is 0 Å². The predicted octanol–water partition coefficient (Wildman–Crippen LogP) is 2.73. The van der Waals surface area contributed by atoms with Crippen LogP contribution in [0.2, 0.25) is 0 Å². The minimum Gasteiger partial charge on any atom is -0.350 e. The summed E-state index contributed by atoms with van der Waals surface area (Å²) < 4.78 is 2.11. The van der Waals surface area contributed by atoms with Crippen LogP contribution in [0.25, 0.3) is 0 Å². The summed E-state index contributed by atoms with van der Waals surface area (Å²) >= 11 is 0. The summed E-state index contributed by atoms with van der Waals surface area (Å²) in [5.41, 5.74) is 4.50. The van der Waals surface area contributed by atoms with Crippen LogP contribution in [0, 0.1) is 5.92 Å². The first-order valence-electron chi connectivity index (χ1n) is 10.5. The van der Waals surface area contributed by atoms with Gasteiger partial charge in [0.15, 0.2) is 0 Å². The van der Waals surface area contributed by atoms with Crippen molar-refractivity contribution in [2.24, 2.45) is 5.92 Å². The van der Waals surface area contributed by atoms with Gasteiger partial charge in [-0.2, -0.15) is 10.2 Å². The third-order valence-electron chi connectivity index (χ3n) is 5.86. The van der Waals surface area contributed by atoms with E-state index in [1.54, 1.807) is 0 Å². The van der Waals surface area contributed by atoms with E-state index in [2.05, 4.69) is 58.0 Å². The van der Waals surface area contributed by atoms with Gasteiger partial charge in [0.05, 0.1) is 23.6 Å². The monoisotopic (exact) mass is 384 g/mol. The van der Waals surface area contributed by atoms with Crippen molar-refractivity contribution in [2.75, 3.05) is 6.54 Å². The zero-order valence-electron chi connectivity index (χ0n) is 17.3. The number of aromatic amines is 1. The maximum Gasteiger partial charge on any atom is 0.223 e. The van der Waals surface area contributed by atoms with E-state index in [-0.39, 0.29) is 17.2 Å². The predicted molar refractivity (Wildman–Crippen MR) is 107 cm³/mol. The van der Waals surface area contributed by atoms with E-state index < -0.39 is 0 Å². The van der Waals surface area contributed by atoms with Crippen molar-refractivity contribution in [1.82, 2.24) is 30.2 Å². The first kappa shape index (κ1) is 19.2. The molecule has 1 aliphatic carbocycles. The van der Waals surface area contributed by atoms with E-state index in [9.17, 15) is 4.79 Å². The summed E-state index contributed by atoms with van der Waals surface area (Å²) in [7, 11) is 0. The molecule has 4 rings (SSSR count). The number of aromatic nitrogens is 4. The van der Waals surface area contributed by atoms with Gasteiger partial charge in [0.2, 0.25) is 5.91 Å². The highest BCUT2D eigenvalue weighted by molar-refractivity contribution is 5.79. The van der Waals surface area contributed by atoms with Crippen molar-refractivity contribution in [3.63, 3.8) is 0 Å². The number of carbonyl (C=O) groups excluding carboxylic acids is 1. The topological polar surface area (TPSA) is 78.8 Å². The molecule has 0 bridgehead atoms. The molecule has 0 spiro atoms. The molecule has 28 heavy (non-hydrogen) atoms. The number of aryl methyl sites for hydroxylation is 1. The van der Waals surface area contributed by atoms with Crippen LogP contribution in [0.1, 0.15) is 69.2 Å². The number of H-pyrrole nitrogens is 1. The third kappa shape index (κ3) is 4.29. The Morgan fingerprint density at radius 2 is 2.07 bits per heavy atom. The molecular weight excluding hydrogens is 352 g/mol. The SMILES string of the molecule is CC(C)(C)c1cc(CN2CCCn3nc(CNC(=O)C4CCC4)cc3C2)[nH]n1. The summed E-state index contributed by atoms with van der Waals surface area (Å²) in [6.07, 6.45) is 4.32. The number of fused-ring (bicyclic) bond motifs is 1. The second kappa shape index (κ2) is 7.70. The molecule has 3 heterocycles. The van der Waals surface area contributed by atoms with Gasteiger partial charge in [-0.1, -0.05) is 27.2 Å². The van der Waals surface area contributed by atoms with Crippen molar-refractivity contribution < 1.29 is 4.79 Å². The average Bonchev–Trinajstić information content (AvgIpc) is 3.14. The van der Waals surface area contributed by atoms with Crippen LogP contribution in [-0.4, -0.2) is 37.3 Å². The van der Waals surface area contributed by atoms with Crippen molar-refractivity contribution in [3.05, 3.63) is 34.9 Å². The molecule has 0 aromatic carbocycles. The first-order chi connectivity index (χ1) is 13.4. The Morgan fingerprint density at radius 1 is 1.25 bits per heavy atom. The molecule has 0 radical (unpaired) electrons. The quantitative estimate of drug-likeness (QED) is 0.831. The number of hydrogen-bond donors (Lipinski definition) is 2. The van der Waals surface area contributed by atoms with Crippen molar-refractivity contribution in [3.8, 4) is 0 Å². The van der Waals surface area contributed by atoms with Crippen molar-refractivity contribution in [2.45, 2.75) is 78.0 Å².